The lowest BCUT2D eigenvalue weighted by molar-refractivity contribution is 0.100. The molecule has 1 aromatic carbocycles. The molecule has 0 radical (unpaired) electrons. The van der Waals surface area contributed by atoms with E-state index in [4.69, 9.17) is 5.73 Å². The van der Waals surface area contributed by atoms with E-state index >= 15 is 0 Å². The molecule has 6 nitrogen and oxygen atoms in total. The van der Waals surface area contributed by atoms with E-state index in [0.29, 0.717) is 27.5 Å². The number of aromatic nitrogens is 3. The zero-order chi connectivity index (χ0) is 17.4. The molecule has 24 heavy (non-hydrogen) atoms. The quantitative estimate of drug-likeness (QED) is 0.582. The first kappa shape index (κ1) is 16.2. The van der Waals surface area contributed by atoms with E-state index in [1.54, 1.807) is 37.5 Å². The van der Waals surface area contributed by atoms with Crippen LogP contribution in [0.25, 0.3) is 22.2 Å². The SMILES string of the molecule is CSc1ncc2cc(-c3cc(C(N)=O)ccc3C)c(=O)n(C)c2n1. The largest absolute Gasteiger partial charge is 0.366 e. The van der Waals surface area contributed by atoms with Crippen molar-refractivity contribution in [1.29, 1.82) is 0 Å². The van der Waals surface area contributed by atoms with Gasteiger partial charge < -0.3 is 5.73 Å². The summed E-state index contributed by atoms with van der Waals surface area (Å²) in [4.78, 5) is 32.9. The van der Waals surface area contributed by atoms with Crippen molar-refractivity contribution >= 4 is 28.7 Å². The Labute approximate surface area is 142 Å². The number of hydrogen-bond donors (Lipinski definition) is 1. The number of carbonyl (C=O) groups is 1. The van der Waals surface area contributed by atoms with Gasteiger partial charge in [-0.25, -0.2) is 9.97 Å². The number of primary amides is 1. The first-order chi connectivity index (χ1) is 11.4. The van der Waals surface area contributed by atoms with Crippen LogP contribution in [-0.2, 0) is 7.05 Å². The molecule has 0 saturated heterocycles. The molecule has 7 heteroatoms. The molecule has 0 atom stereocenters. The Morgan fingerprint density at radius 2 is 2.00 bits per heavy atom. The highest BCUT2D eigenvalue weighted by Gasteiger charge is 2.14. The second-order valence-electron chi connectivity index (χ2n) is 5.45. The topological polar surface area (TPSA) is 90.9 Å². The van der Waals surface area contributed by atoms with E-state index < -0.39 is 5.91 Å². The maximum Gasteiger partial charge on any atom is 0.259 e. The monoisotopic (exact) mass is 340 g/mol. The maximum absolute atomic E-state index is 12.8. The number of rotatable bonds is 3. The number of pyridine rings is 1. The van der Waals surface area contributed by atoms with Crippen LogP contribution >= 0.6 is 11.8 Å². The Balaban J connectivity index is 2.32. The van der Waals surface area contributed by atoms with Crippen LogP contribution in [0, 0.1) is 6.92 Å². The summed E-state index contributed by atoms with van der Waals surface area (Å²) < 4.78 is 1.50. The van der Waals surface area contributed by atoms with Crippen molar-refractivity contribution in [2.75, 3.05) is 6.26 Å². The van der Waals surface area contributed by atoms with Crippen molar-refractivity contribution in [1.82, 2.24) is 14.5 Å². The molecule has 3 rings (SSSR count). The molecule has 2 aromatic heterocycles. The Bertz CT molecular complexity index is 1030. The summed E-state index contributed by atoms with van der Waals surface area (Å²) in [6.45, 7) is 1.89. The van der Waals surface area contributed by atoms with Crippen LogP contribution in [0.5, 0.6) is 0 Å². The molecule has 0 spiro atoms. The Morgan fingerprint density at radius 1 is 1.25 bits per heavy atom. The van der Waals surface area contributed by atoms with Gasteiger partial charge in [-0.2, -0.15) is 0 Å². The van der Waals surface area contributed by atoms with Crippen LogP contribution < -0.4 is 11.3 Å². The molecule has 0 aliphatic rings. The summed E-state index contributed by atoms with van der Waals surface area (Å²) in [5.41, 5.74) is 8.18. The smallest absolute Gasteiger partial charge is 0.259 e. The molecule has 0 aliphatic carbocycles. The molecular weight excluding hydrogens is 324 g/mol. The number of benzene rings is 1. The minimum absolute atomic E-state index is 0.182. The summed E-state index contributed by atoms with van der Waals surface area (Å²) in [5, 5.41) is 1.37. The van der Waals surface area contributed by atoms with Crippen LogP contribution in [0.15, 0.2) is 40.4 Å². The summed E-state index contributed by atoms with van der Waals surface area (Å²) in [6, 6.07) is 6.85. The fourth-order valence-corrected chi connectivity index (χ4v) is 2.92. The fourth-order valence-electron chi connectivity index (χ4n) is 2.59. The van der Waals surface area contributed by atoms with Crippen LogP contribution in [0.1, 0.15) is 15.9 Å². The number of aryl methyl sites for hydroxylation is 2. The lowest BCUT2D eigenvalue weighted by Crippen LogP contribution is -2.20. The first-order valence-corrected chi connectivity index (χ1v) is 8.46. The van der Waals surface area contributed by atoms with Crippen molar-refractivity contribution in [3.63, 3.8) is 0 Å². The predicted molar refractivity (Wildman–Crippen MR) is 95.3 cm³/mol. The van der Waals surface area contributed by atoms with Crippen molar-refractivity contribution in [3.05, 3.63) is 51.9 Å². The normalized spacial score (nSPS) is 11.0. The zero-order valence-corrected chi connectivity index (χ0v) is 14.3. The van der Waals surface area contributed by atoms with Crippen molar-refractivity contribution in [2.24, 2.45) is 12.8 Å². The Morgan fingerprint density at radius 3 is 2.67 bits per heavy atom. The van der Waals surface area contributed by atoms with Gasteiger partial charge >= 0.3 is 0 Å². The minimum atomic E-state index is -0.526. The van der Waals surface area contributed by atoms with E-state index in [2.05, 4.69) is 9.97 Å². The van der Waals surface area contributed by atoms with Gasteiger partial charge in [0.25, 0.3) is 5.56 Å². The molecule has 1 amide bonds. The molecule has 3 aromatic rings. The van der Waals surface area contributed by atoms with Gasteiger partial charge in [-0.3, -0.25) is 14.2 Å². The third-order valence-electron chi connectivity index (χ3n) is 3.92. The second kappa shape index (κ2) is 6.09. The zero-order valence-electron chi connectivity index (χ0n) is 13.5. The molecule has 2 N–H and O–H groups in total. The van der Waals surface area contributed by atoms with Gasteiger partial charge in [0, 0.05) is 29.8 Å². The number of carbonyl (C=O) groups excluding carboxylic acids is 1. The molecule has 122 valence electrons. The van der Waals surface area contributed by atoms with Gasteiger partial charge in [-0.05, 0) is 42.5 Å². The highest BCUT2D eigenvalue weighted by Crippen LogP contribution is 2.25. The van der Waals surface area contributed by atoms with E-state index in [1.165, 1.54) is 16.3 Å². The highest BCUT2D eigenvalue weighted by atomic mass is 32.2. The van der Waals surface area contributed by atoms with Gasteiger partial charge in [-0.15, -0.1) is 0 Å². The molecule has 0 bridgehead atoms. The number of nitrogens with two attached hydrogens (primary N) is 1. The van der Waals surface area contributed by atoms with E-state index in [9.17, 15) is 9.59 Å². The predicted octanol–water partition coefficient (Wildman–Crippen LogP) is 2.12. The molecule has 0 fully saturated rings. The number of amides is 1. The van der Waals surface area contributed by atoms with Gasteiger partial charge in [0.15, 0.2) is 5.16 Å². The summed E-state index contributed by atoms with van der Waals surface area (Å²) in [6.07, 6.45) is 3.58. The average molecular weight is 340 g/mol. The van der Waals surface area contributed by atoms with Crippen molar-refractivity contribution in [2.45, 2.75) is 12.1 Å². The van der Waals surface area contributed by atoms with Crippen molar-refractivity contribution in [3.8, 4) is 11.1 Å². The lowest BCUT2D eigenvalue weighted by Gasteiger charge is -2.11. The van der Waals surface area contributed by atoms with Crippen LogP contribution in [0.2, 0.25) is 0 Å². The van der Waals surface area contributed by atoms with Crippen LogP contribution in [-0.4, -0.2) is 26.7 Å². The standard InChI is InChI=1S/C17H16N4O2S/c1-9-4-5-10(14(18)22)6-12(9)13-7-11-8-19-17(24-3)20-15(11)21(2)16(13)23/h4-8H,1-3H3,(H2,18,22). The van der Waals surface area contributed by atoms with Crippen LogP contribution in [0.4, 0.5) is 0 Å². The van der Waals surface area contributed by atoms with Gasteiger partial charge in [-0.1, -0.05) is 17.8 Å². The number of hydrogen-bond acceptors (Lipinski definition) is 5. The maximum atomic E-state index is 12.8. The van der Waals surface area contributed by atoms with Gasteiger partial charge in [0.1, 0.15) is 5.65 Å². The van der Waals surface area contributed by atoms with E-state index in [0.717, 1.165) is 10.9 Å². The summed E-state index contributed by atoms with van der Waals surface area (Å²) in [5.74, 6) is -0.526. The second-order valence-corrected chi connectivity index (χ2v) is 6.23. The third-order valence-corrected chi connectivity index (χ3v) is 4.48. The van der Waals surface area contributed by atoms with Crippen LogP contribution in [0.3, 0.4) is 0 Å². The van der Waals surface area contributed by atoms with Gasteiger partial charge in [0.2, 0.25) is 5.91 Å². The Hall–Kier alpha value is -2.67. The number of thioether (sulfide) groups is 1. The van der Waals surface area contributed by atoms with E-state index in [1.807, 2.05) is 13.2 Å². The average Bonchev–Trinajstić information content (AvgIpc) is 2.58. The highest BCUT2D eigenvalue weighted by molar-refractivity contribution is 7.98. The summed E-state index contributed by atoms with van der Waals surface area (Å²) in [7, 11) is 1.68. The minimum Gasteiger partial charge on any atom is -0.366 e. The third kappa shape index (κ3) is 2.67. The summed E-state index contributed by atoms with van der Waals surface area (Å²) >= 11 is 1.42. The van der Waals surface area contributed by atoms with Gasteiger partial charge in [0.05, 0.1) is 0 Å². The fraction of sp³-hybridized carbons (Fsp3) is 0.176. The number of nitrogens with zero attached hydrogens (tertiary/aromatic N) is 3. The van der Waals surface area contributed by atoms with E-state index in [-0.39, 0.29) is 5.56 Å². The molecule has 2 heterocycles. The van der Waals surface area contributed by atoms with Crippen molar-refractivity contribution < 1.29 is 4.79 Å². The molecule has 0 saturated carbocycles. The number of fused-ring (bicyclic) bond motifs is 1. The first-order valence-electron chi connectivity index (χ1n) is 7.24. The molecule has 0 unspecified atom stereocenters. The molecule has 0 aliphatic heterocycles. The molecular formula is C17H16N4O2S. The Kier molecular flexibility index (Phi) is 4.11. The lowest BCUT2D eigenvalue weighted by atomic mass is 9.98.